The van der Waals surface area contributed by atoms with Crippen LogP contribution in [0.4, 0.5) is 0 Å². The van der Waals surface area contributed by atoms with Gasteiger partial charge >= 0.3 is 17.9 Å². The number of carboxylic acids is 3. The molecule has 1 rings (SSSR count). The zero-order valence-electron chi connectivity index (χ0n) is 16.4. The van der Waals surface area contributed by atoms with Gasteiger partial charge in [-0.2, -0.15) is 0 Å². The highest BCUT2D eigenvalue weighted by Gasteiger charge is 2.20. The van der Waals surface area contributed by atoms with E-state index in [1.165, 1.54) is 0 Å². The lowest BCUT2D eigenvalue weighted by atomic mass is 10.3. The Hall–Kier alpha value is -1.79. The van der Waals surface area contributed by atoms with Crippen LogP contribution < -0.4 is 0 Å². The number of hydrogen-bond acceptors (Lipinski definition) is 8. The second-order valence-electron chi connectivity index (χ2n) is 7.16. The minimum Gasteiger partial charge on any atom is -0.480 e. The highest BCUT2D eigenvalue weighted by molar-refractivity contribution is 5.69. The number of nitrogens with zero attached hydrogens (tertiary/aromatic N) is 4. The van der Waals surface area contributed by atoms with Crippen LogP contribution in [0, 0.1) is 0 Å². The van der Waals surface area contributed by atoms with E-state index in [1.807, 2.05) is 4.90 Å². The summed E-state index contributed by atoms with van der Waals surface area (Å²) in [6.07, 6.45) is -0.556. The van der Waals surface area contributed by atoms with E-state index in [4.69, 9.17) is 15.3 Å². The molecule has 162 valence electrons. The molecule has 0 unspecified atom stereocenters. The summed E-state index contributed by atoms with van der Waals surface area (Å²) >= 11 is 0. The molecule has 1 heterocycles. The van der Waals surface area contributed by atoms with E-state index < -0.39 is 24.0 Å². The van der Waals surface area contributed by atoms with Crippen molar-refractivity contribution in [1.29, 1.82) is 0 Å². The summed E-state index contributed by atoms with van der Waals surface area (Å²) in [7, 11) is 0. The zero-order chi connectivity index (χ0) is 21.1. The number of carbonyl (C=O) groups is 3. The first kappa shape index (κ1) is 24.2. The van der Waals surface area contributed by atoms with Gasteiger partial charge in [0, 0.05) is 58.9 Å². The van der Waals surface area contributed by atoms with Crippen LogP contribution in [0.2, 0.25) is 0 Å². The van der Waals surface area contributed by atoms with Gasteiger partial charge in [0.05, 0.1) is 25.7 Å². The fourth-order valence-corrected chi connectivity index (χ4v) is 3.18. The molecule has 1 aliphatic heterocycles. The van der Waals surface area contributed by atoms with Crippen LogP contribution >= 0.6 is 0 Å². The molecule has 11 nitrogen and oxygen atoms in total. The van der Waals surface area contributed by atoms with Gasteiger partial charge in [-0.15, -0.1) is 0 Å². The maximum atomic E-state index is 11.1. The maximum absolute atomic E-state index is 11.1. The highest BCUT2D eigenvalue weighted by atomic mass is 16.4. The van der Waals surface area contributed by atoms with Crippen molar-refractivity contribution >= 4 is 17.9 Å². The summed E-state index contributed by atoms with van der Waals surface area (Å²) in [4.78, 5) is 40.6. The number of carboxylic acid groups (broad SMARTS) is 3. The number of aliphatic hydroxyl groups is 1. The fourth-order valence-electron chi connectivity index (χ4n) is 3.18. The molecule has 0 radical (unpaired) electrons. The summed E-state index contributed by atoms with van der Waals surface area (Å²) < 4.78 is 0. The van der Waals surface area contributed by atoms with Crippen LogP contribution in [-0.2, 0) is 14.4 Å². The monoisotopic (exact) mass is 404 g/mol. The minimum atomic E-state index is -0.982. The Labute approximate surface area is 164 Å². The average Bonchev–Trinajstić information content (AvgIpc) is 2.55. The first-order valence-corrected chi connectivity index (χ1v) is 9.38. The van der Waals surface area contributed by atoms with Crippen LogP contribution in [0.3, 0.4) is 0 Å². The van der Waals surface area contributed by atoms with Crippen molar-refractivity contribution in [3.63, 3.8) is 0 Å². The van der Waals surface area contributed by atoms with Gasteiger partial charge in [-0.1, -0.05) is 0 Å². The molecule has 0 aromatic rings. The largest absolute Gasteiger partial charge is 0.480 e. The summed E-state index contributed by atoms with van der Waals surface area (Å²) in [6, 6.07) is 0. The summed E-state index contributed by atoms with van der Waals surface area (Å²) in [6.45, 7) is 5.10. The van der Waals surface area contributed by atoms with Gasteiger partial charge in [0.25, 0.3) is 0 Å². The van der Waals surface area contributed by atoms with Gasteiger partial charge in [0.2, 0.25) is 0 Å². The molecular formula is C17H32N4O7. The summed E-state index contributed by atoms with van der Waals surface area (Å²) in [5.74, 6) is -2.89. The van der Waals surface area contributed by atoms with Gasteiger partial charge in [0.1, 0.15) is 0 Å². The van der Waals surface area contributed by atoms with Gasteiger partial charge < -0.3 is 20.4 Å². The molecule has 0 bridgehead atoms. The molecule has 0 aliphatic carbocycles. The molecule has 11 heteroatoms. The predicted octanol–water partition coefficient (Wildman–Crippen LogP) is -2.16. The summed E-state index contributed by atoms with van der Waals surface area (Å²) in [5.41, 5.74) is 0. The molecule has 0 spiro atoms. The third-order valence-corrected chi connectivity index (χ3v) is 4.53. The third-order valence-electron chi connectivity index (χ3n) is 4.53. The van der Waals surface area contributed by atoms with Crippen molar-refractivity contribution in [1.82, 2.24) is 19.6 Å². The molecule has 0 aromatic heterocycles. The van der Waals surface area contributed by atoms with E-state index in [1.54, 1.807) is 21.6 Å². The Morgan fingerprint density at radius 3 is 1.11 bits per heavy atom. The third kappa shape index (κ3) is 11.1. The van der Waals surface area contributed by atoms with E-state index in [2.05, 4.69) is 0 Å². The predicted molar refractivity (Wildman–Crippen MR) is 100 cm³/mol. The van der Waals surface area contributed by atoms with Crippen molar-refractivity contribution in [3.05, 3.63) is 0 Å². The van der Waals surface area contributed by atoms with Crippen molar-refractivity contribution < 1.29 is 34.8 Å². The SMILES string of the molecule is C[C@@H](O)CN1CCN(CC(=O)O)CCN(CC(=O)O)CCN(CC(=O)O)CC1. The van der Waals surface area contributed by atoms with Crippen LogP contribution in [0.1, 0.15) is 6.92 Å². The van der Waals surface area contributed by atoms with Crippen LogP contribution in [0.25, 0.3) is 0 Å². The number of β-amino-alcohol motifs (C(OH)–C–C–N with tert-alkyl or cyclic N) is 1. The Morgan fingerprint density at radius 1 is 0.643 bits per heavy atom. The second kappa shape index (κ2) is 12.6. The minimum absolute atomic E-state index is 0.144. The first-order valence-electron chi connectivity index (χ1n) is 9.38. The zero-order valence-corrected chi connectivity index (χ0v) is 16.4. The molecule has 4 N–H and O–H groups in total. The Bertz CT molecular complexity index is 486. The lowest BCUT2D eigenvalue weighted by Gasteiger charge is -2.33. The Morgan fingerprint density at radius 2 is 0.893 bits per heavy atom. The second-order valence-corrected chi connectivity index (χ2v) is 7.16. The molecule has 0 amide bonds. The summed E-state index contributed by atoms with van der Waals surface area (Å²) in [5, 5.41) is 37.1. The van der Waals surface area contributed by atoms with Crippen LogP contribution in [-0.4, -0.2) is 143 Å². The first-order chi connectivity index (χ1) is 13.2. The van der Waals surface area contributed by atoms with E-state index in [-0.39, 0.29) is 19.6 Å². The molecule has 0 aromatic carbocycles. The van der Waals surface area contributed by atoms with Crippen molar-refractivity contribution in [2.24, 2.45) is 0 Å². The quantitative estimate of drug-likeness (QED) is 0.351. The lowest BCUT2D eigenvalue weighted by Crippen LogP contribution is -2.49. The maximum Gasteiger partial charge on any atom is 0.317 e. The standard InChI is InChI=1S/C17H32N4O7/c1-14(22)10-18-2-4-19(11-15(23)24)6-8-21(13-17(27)28)9-7-20(5-3-18)12-16(25)26/h14,22H,2-13H2,1H3,(H,23,24)(H,25,26)(H,27,28)/t14-/m1/s1. The smallest absolute Gasteiger partial charge is 0.317 e. The Balaban J connectivity index is 2.89. The number of rotatable bonds is 8. The molecule has 0 saturated carbocycles. The van der Waals surface area contributed by atoms with Crippen molar-refractivity contribution in [2.75, 3.05) is 78.5 Å². The molecular weight excluding hydrogens is 372 g/mol. The van der Waals surface area contributed by atoms with Gasteiger partial charge in [-0.25, -0.2) is 0 Å². The van der Waals surface area contributed by atoms with Crippen LogP contribution in [0.5, 0.6) is 0 Å². The number of aliphatic hydroxyl groups excluding tert-OH is 1. The van der Waals surface area contributed by atoms with Crippen molar-refractivity contribution in [3.8, 4) is 0 Å². The molecule has 1 aliphatic rings. The van der Waals surface area contributed by atoms with Gasteiger partial charge in [0.15, 0.2) is 0 Å². The van der Waals surface area contributed by atoms with E-state index in [0.29, 0.717) is 58.9 Å². The fraction of sp³-hybridized carbons (Fsp3) is 0.824. The number of hydrogen-bond donors (Lipinski definition) is 4. The van der Waals surface area contributed by atoms with E-state index >= 15 is 0 Å². The van der Waals surface area contributed by atoms with E-state index in [0.717, 1.165) is 0 Å². The molecule has 1 fully saturated rings. The van der Waals surface area contributed by atoms with Crippen molar-refractivity contribution in [2.45, 2.75) is 13.0 Å². The van der Waals surface area contributed by atoms with Gasteiger partial charge in [-0.3, -0.25) is 34.0 Å². The normalized spacial score (nSPS) is 20.8. The molecule has 28 heavy (non-hydrogen) atoms. The van der Waals surface area contributed by atoms with Crippen LogP contribution in [0.15, 0.2) is 0 Å². The molecule has 1 saturated heterocycles. The number of aliphatic carboxylic acids is 3. The molecule has 1 atom stereocenters. The lowest BCUT2D eigenvalue weighted by molar-refractivity contribution is -0.140. The van der Waals surface area contributed by atoms with Gasteiger partial charge in [-0.05, 0) is 6.92 Å². The van der Waals surface area contributed by atoms with E-state index in [9.17, 15) is 19.5 Å². The topological polar surface area (TPSA) is 145 Å². The average molecular weight is 404 g/mol. The Kier molecular flexibility index (Phi) is 10.9. The highest BCUT2D eigenvalue weighted by Crippen LogP contribution is 2.02.